The quantitative estimate of drug-likeness (QED) is 0.384. The van der Waals surface area contributed by atoms with Crippen molar-refractivity contribution >= 4 is 6.16 Å². The Morgan fingerprint density at radius 3 is 2.40 bits per heavy atom. The van der Waals surface area contributed by atoms with Crippen LogP contribution in [0.3, 0.4) is 0 Å². The first-order chi connectivity index (χ1) is 17.1. The van der Waals surface area contributed by atoms with Crippen molar-refractivity contribution in [3.8, 4) is 11.4 Å². The van der Waals surface area contributed by atoms with Crippen LogP contribution < -0.4 is 0 Å². The highest BCUT2D eigenvalue weighted by molar-refractivity contribution is 5.57. The van der Waals surface area contributed by atoms with Crippen LogP contribution in [0.4, 0.5) is 4.79 Å². The highest BCUT2D eigenvalue weighted by Crippen LogP contribution is 2.46. The van der Waals surface area contributed by atoms with Crippen LogP contribution in [-0.2, 0) is 34.0 Å². The van der Waals surface area contributed by atoms with E-state index in [1.807, 2.05) is 42.5 Å². The van der Waals surface area contributed by atoms with Gasteiger partial charge in [0, 0.05) is 30.6 Å². The maximum Gasteiger partial charge on any atom is 0.506 e. The molecule has 2 fully saturated rings. The molecular weight excluding hydrogens is 450 g/mol. The van der Waals surface area contributed by atoms with Crippen molar-refractivity contribution < 1.29 is 28.6 Å². The lowest BCUT2D eigenvalue weighted by Gasteiger charge is -2.37. The Labute approximate surface area is 203 Å². The van der Waals surface area contributed by atoms with Crippen LogP contribution in [0, 0.1) is 5.41 Å². The van der Waals surface area contributed by atoms with Gasteiger partial charge in [-0.1, -0.05) is 59.8 Å². The van der Waals surface area contributed by atoms with E-state index in [0.717, 1.165) is 30.5 Å². The first kappa shape index (κ1) is 23.5. The average molecular weight is 480 g/mol. The molecule has 1 aliphatic heterocycles. The van der Waals surface area contributed by atoms with Crippen LogP contribution in [0.15, 0.2) is 59.1 Å². The molecule has 0 unspecified atom stereocenters. The van der Waals surface area contributed by atoms with Gasteiger partial charge in [0.2, 0.25) is 5.82 Å². The monoisotopic (exact) mass is 479 g/mol. The Kier molecular flexibility index (Phi) is 7.08. The molecular formula is C26H29N3O6. The summed E-state index contributed by atoms with van der Waals surface area (Å²) in [5.41, 5.74) is 3.27. The Morgan fingerprint density at radius 1 is 1.00 bits per heavy atom. The molecule has 184 valence electrons. The number of nitrogens with zero attached hydrogens (tertiary/aromatic N) is 3. The molecule has 5 rings (SSSR count). The van der Waals surface area contributed by atoms with Gasteiger partial charge in [-0.15, -0.1) is 0 Å². The van der Waals surface area contributed by atoms with E-state index in [9.17, 15) is 4.79 Å². The Bertz CT molecular complexity index is 1110. The second kappa shape index (κ2) is 10.6. The minimum Gasteiger partial charge on any atom is -0.450 e. The summed E-state index contributed by atoms with van der Waals surface area (Å²) >= 11 is 0. The minimum absolute atomic E-state index is 0.101. The van der Waals surface area contributed by atoms with E-state index in [1.54, 1.807) is 0 Å². The van der Waals surface area contributed by atoms with E-state index in [0.29, 0.717) is 44.6 Å². The van der Waals surface area contributed by atoms with Crippen molar-refractivity contribution in [2.45, 2.75) is 38.7 Å². The molecule has 3 aromatic rings. The van der Waals surface area contributed by atoms with Gasteiger partial charge in [0.1, 0.15) is 12.7 Å². The molecule has 1 N–H and O–H groups in total. The zero-order valence-electron chi connectivity index (χ0n) is 19.5. The lowest BCUT2D eigenvalue weighted by molar-refractivity contribution is -0.0363. The van der Waals surface area contributed by atoms with E-state index in [2.05, 4.69) is 27.2 Å². The standard InChI is InChI=1S/C26H29N3O6/c30-25(31)34-22-13-29(14-22)12-19-6-8-21(9-7-19)24-27-23(35-28-24)16-33-18-26(10-11-26)17-32-15-20-4-2-1-3-5-20/h1-9,22H,10-18H2,(H,30,31). The van der Waals surface area contributed by atoms with E-state index in [1.165, 1.54) is 5.56 Å². The fourth-order valence-corrected chi connectivity index (χ4v) is 4.14. The average Bonchev–Trinajstić information content (AvgIpc) is 3.44. The molecule has 0 amide bonds. The molecule has 9 nitrogen and oxygen atoms in total. The molecule has 0 spiro atoms. The number of carbonyl (C=O) groups is 1. The fourth-order valence-electron chi connectivity index (χ4n) is 4.14. The largest absolute Gasteiger partial charge is 0.506 e. The highest BCUT2D eigenvalue weighted by atomic mass is 16.7. The number of aromatic nitrogens is 2. The number of ether oxygens (including phenoxy) is 3. The minimum atomic E-state index is -1.22. The summed E-state index contributed by atoms with van der Waals surface area (Å²) in [4.78, 5) is 17.1. The zero-order valence-corrected chi connectivity index (χ0v) is 19.5. The Morgan fingerprint density at radius 2 is 1.71 bits per heavy atom. The number of benzene rings is 2. The predicted molar refractivity (Wildman–Crippen MR) is 125 cm³/mol. The topological polar surface area (TPSA) is 107 Å². The van der Waals surface area contributed by atoms with Gasteiger partial charge in [-0.05, 0) is 24.0 Å². The molecule has 1 saturated heterocycles. The van der Waals surface area contributed by atoms with Crippen LogP contribution >= 0.6 is 0 Å². The molecule has 1 saturated carbocycles. The van der Waals surface area contributed by atoms with Crippen molar-refractivity contribution in [1.82, 2.24) is 15.0 Å². The maximum absolute atomic E-state index is 10.6. The predicted octanol–water partition coefficient (Wildman–Crippen LogP) is 4.13. The molecule has 2 heterocycles. The normalized spacial score (nSPS) is 17.1. The second-order valence-electron chi connectivity index (χ2n) is 9.38. The third-order valence-electron chi connectivity index (χ3n) is 6.39. The van der Waals surface area contributed by atoms with Crippen LogP contribution in [0.25, 0.3) is 11.4 Å². The number of hydrogen-bond acceptors (Lipinski definition) is 8. The summed E-state index contributed by atoms with van der Waals surface area (Å²) in [5.74, 6) is 0.983. The highest BCUT2D eigenvalue weighted by Gasteiger charge is 2.43. The van der Waals surface area contributed by atoms with E-state index >= 15 is 0 Å². The van der Waals surface area contributed by atoms with Gasteiger partial charge in [-0.25, -0.2) is 4.79 Å². The number of rotatable bonds is 12. The van der Waals surface area contributed by atoms with E-state index in [-0.39, 0.29) is 18.1 Å². The van der Waals surface area contributed by atoms with Gasteiger partial charge in [-0.2, -0.15) is 4.98 Å². The first-order valence-electron chi connectivity index (χ1n) is 11.8. The Balaban J connectivity index is 1.03. The molecule has 35 heavy (non-hydrogen) atoms. The summed E-state index contributed by atoms with van der Waals surface area (Å²) in [6.45, 7) is 4.16. The fraction of sp³-hybridized carbons (Fsp3) is 0.423. The van der Waals surface area contributed by atoms with E-state index in [4.69, 9.17) is 23.8 Å². The molecule has 0 atom stereocenters. The van der Waals surface area contributed by atoms with Crippen LogP contribution in [0.2, 0.25) is 0 Å². The van der Waals surface area contributed by atoms with Gasteiger partial charge in [0.15, 0.2) is 0 Å². The third kappa shape index (κ3) is 6.45. The summed E-state index contributed by atoms with van der Waals surface area (Å²) in [6, 6.07) is 18.1. The lowest BCUT2D eigenvalue weighted by Crippen LogP contribution is -2.52. The molecule has 0 bridgehead atoms. The van der Waals surface area contributed by atoms with Crippen molar-refractivity contribution in [3.05, 3.63) is 71.6 Å². The second-order valence-corrected chi connectivity index (χ2v) is 9.38. The van der Waals surface area contributed by atoms with Gasteiger partial charge in [0.25, 0.3) is 5.89 Å². The zero-order chi connectivity index (χ0) is 24.1. The van der Waals surface area contributed by atoms with Crippen LogP contribution in [0.5, 0.6) is 0 Å². The summed E-state index contributed by atoms with van der Waals surface area (Å²) in [6.07, 6.45) is 0.758. The first-order valence-corrected chi connectivity index (χ1v) is 11.8. The van der Waals surface area contributed by atoms with Crippen molar-refractivity contribution in [3.63, 3.8) is 0 Å². The van der Waals surface area contributed by atoms with Crippen molar-refractivity contribution in [1.29, 1.82) is 0 Å². The number of carboxylic acid groups (broad SMARTS) is 1. The molecule has 9 heteroatoms. The Hall–Kier alpha value is -3.27. The van der Waals surface area contributed by atoms with Gasteiger partial charge in [-0.3, -0.25) is 4.90 Å². The van der Waals surface area contributed by atoms with Crippen molar-refractivity contribution in [2.75, 3.05) is 26.3 Å². The van der Waals surface area contributed by atoms with Gasteiger partial charge in [0.05, 0.1) is 19.8 Å². The van der Waals surface area contributed by atoms with Crippen LogP contribution in [0.1, 0.15) is 29.9 Å². The summed E-state index contributed by atoms with van der Waals surface area (Å²) in [7, 11) is 0. The number of hydrogen-bond donors (Lipinski definition) is 1. The molecule has 2 aromatic carbocycles. The molecule has 1 aromatic heterocycles. The third-order valence-corrected chi connectivity index (χ3v) is 6.39. The van der Waals surface area contributed by atoms with Gasteiger partial charge < -0.3 is 23.8 Å². The SMILES string of the molecule is O=C(O)OC1CN(Cc2ccc(-c3noc(COCC4(COCc5ccccc5)CC4)n3)cc2)C1. The molecule has 1 aliphatic carbocycles. The van der Waals surface area contributed by atoms with E-state index < -0.39 is 6.16 Å². The number of likely N-dealkylation sites (tertiary alicyclic amines) is 1. The smallest absolute Gasteiger partial charge is 0.450 e. The van der Waals surface area contributed by atoms with Crippen molar-refractivity contribution in [2.24, 2.45) is 5.41 Å². The maximum atomic E-state index is 10.6. The molecule has 2 aliphatic rings. The van der Waals surface area contributed by atoms with Crippen LogP contribution in [-0.4, -0.2) is 58.7 Å². The molecule has 0 radical (unpaired) electrons. The summed E-state index contributed by atoms with van der Waals surface area (Å²) < 4.78 is 21.9. The summed E-state index contributed by atoms with van der Waals surface area (Å²) in [5, 5.41) is 12.7. The lowest BCUT2D eigenvalue weighted by atomic mass is 10.1. The van der Waals surface area contributed by atoms with Gasteiger partial charge >= 0.3 is 6.16 Å².